The van der Waals surface area contributed by atoms with Crippen LogP contribution in [0.1, 0.15) is 23.2 Å². The highest BCUT2D eigenvalue weighted by Crippen LogP contribution is 2.27. The zero-order chi connectivity index (χ0) is 20.5. The molecular weight excluding hydrogens is 536 g/mol. The van der Waals surface area contributed by atoms with Crippen molar-refractivity contribution in [2.24, 2.45) is 0 Å². The van der Waals surface area contributed by atoms with Crippen molar-refractivity contribution in [2.45, 2.75) is 12.8 Å². The smallest absolute Gasteiger partial charge is 0.270 e. The number of hydrazine groups is 1. The van der Waals surface area contributed by atoms with Crippen molar-refractivity contribution in [3.63, 3.8) is 0 Å². The van der Waals surface area contributed by atoms with E-state index in [4.69, 9.17) is 40.2 Å². The molecule has 0 aliphatic rings. The lowest BCUT2D eigenvalue weighted by Gasteiger charge is -2.12. The number of ether oxygens (including phenoxy) is 1. The van der Waals surface area contributed by atoms with Gasteiger partial charge in [0.15, 0.2) is 5.11 Å². The summed E-state index contributed by atoms with van der Waals surface area (Å²) in [5, 5.41) is 3.42. The van der Waals surface area contributed by atoms with Gasteiger partial charge in [-0.05, 0) is 71.6 Å². The number of benzene rings is 2. The minimum atomic E-state index is -0.352. The van der Waals surface area contributed by atoms with Crippen LogP contribution in [0.5, 0.6) is 5.75 Å². The number of hydrogen-bond acceptors (Lipinski definition) is 4. The average Bonchev–Trinajstić information content (AvgIpc) is 2.65. The van der Waals surface area contributed by atoms with Gasteiger partial charge in [0.25, 0.3) is 5.91 Å². The fraction of sp³-hybridized carbons (Fsp3) is 0.167. The fourth-order valence-corrected chi connectivity index (χ4v) is 3.31. The van der Waals surface area contributed by atoms with Gasteiger partial charge in [-0.3, -0.25) is 20.4 Å². The molecule has 0 aliphatic heterocycles. The molecule has 0 spiro atoms. The number of thiocarbonyl (C=S) groups is 1. The van der Waals surface area contributed by atoms with Crippen LogP contribution in [0, 0.1) is 3.57 Å². The van der Waals surface area contributed by atoms with Gasteiger partial charge >= 0.3 is 0 Å². The van der Waals surface area contributed by atoms with Gasteiger partial charge < -0.3 is 10.1 Å². The third kappa shape index (κ3) is 7.42. The van der Waals surface area contributed by atoms with Gasteiger partial charge in [0.1, 0.15) is 5.75 Å². The Labute approximate surface area is 191 Å². The van der Waals surface area contributed by atoms with Crippen molar-refractivity contribution in [2.75, 3.05) is 6.61 Å². The van der Waals surface area contributed by atoms with Crippen LogP contribution in [0.15, 0.2) is 42.5 Å². The standard InChI is InChI=1S/C18H16Cl2IN3O3S/c19-11-7-8-15(13(20)10-11)27-9-3-6-16(25)22-18(28)24-23-17(26)12-4-1-2-5-14(12)21/h1-2,4-5,7-8,10H,3,6,9H2,(H,23,26)(H2,22,24,25,28). The summed E-state index contributed by atoms with van der Waals surface area (Å²) in [6, 6.07) is 12.0. The molecule has 0 heterocycles. The predicted octanol–water partition coefficient (Wildman–Crippen LogP) is 4.09. The largest absolute Gasteiger partial charge is 0.492 e. The third-order valence-corrected chi connectivity index (χ3v) is 5.04. The number of hydrogen-bond donors (Lipinski definition) is 3. The van der Waals surface area contributed by atoms with E-state index < -0.39 is 0 Å². The number of nitrogens with one attached hydrogen (secondary N) is 3. The Morgan fingerprint density at radius 1 is 1.11 bits per heavy atom. The molecule has 2 aromatic carbocycles. The molecule has 0 atom stereocenters. The first-order chi connectivity index (χ1) is 13.4. The quantitative estimate of drug-likeness (QED) is 0.218. The highest BCUT2D eigenvalue weighted by molar-refractivity contribution is 14.1. The summed E-state index contributed by atoms with van der Waals surface area (Å²) >= 11 is 18.9. The Morgan fingerprint density at radius 2 is 1.86 bits per heavy atom. The maximum Gasteiger partial charge on any atom is 0.270 e. The highest BCUT2D eigenvalue weighted by Gasteiger charge is 2.10. The summed E-state index contributed by atoms with van der Waals surface area (Å²) < 4.78 is 6.31. The third-order valence-electron chi connectivity index (χ3n) is 3.36. The summed E-state index contributed by atoms with van der Waals surface area (Å²) in [6.45, 7) is 0.304. The molecule has 0 aromatic heterocycles. The molecule has 10 heteroatoms. The van der Waals surface area contributed by atoms with Gasteiger partial charge in [0, 0.05) is 15.0 Å². The van der Waals surface area contributed by atoms with Gasteiger partial charge in [-0.25, -0.2) is 0 Å². The van der Waals surface area contributed by atoms with Crippen LogP contribution in [0.25, 0.3) is 0 Å². The van der Waals surface area contributed by atoms with Gasteiger partial charge in [-0.15, -0.1) is 0 Å². The number of carbonyl (C=O) groups is 2. The highest BCUT2D eigenvalue weighted by atomic mass is 127. The molecule has 28 heavy (non-hydrogen) atoms. The van der Waals surface area contributed by atoms with E-state index in [1.54, 1.807) is 30.3 Å². The first-order valence-corrected chi connectivity index (χ1v) is 10.3. The van der Waals surface area contributed by atoms with E-state index >= 15 is 0 Å². The van der Waals surface area contributed by atoms with Crippen molar-refractivity contribution < 1.29 is 14.3 Å². The summed E-state index contributed by atoms with van der Waals surface area (Å²) in [6.07, 6.45) is 0.652. The van der Waals surface area contributed by atoms with E-state index in [9.17, 15) is 9.59 Å². The molecule has 2 amide bonds. The van der Waals surface area contributed by atoms with Crippen LogP contribution < -0.4 is 20.9 Å². The van der Waals surface area contributed by atoms with Crippen LogP contribution in [0.4, 0.5) is 0 Å². The molecule has 0 unspecified atom stereocenters. The summed E-state index contributed by atoms with van der Waals surface area (Å²) in [7, 11) is 0. The normalized spacial score (nSPS) is 10.1. The maximum absolute atomic E-state index is 12.1. The van der Waals surface area contributed by atoms with E-state index in [1.807, 2.05) is 12.1 Å². The van der Waals surface area contributed by atoms with Gasteiger partial charge in [0.2, 0.25) is 5.91 Å². The Kier molecular flexibility index (Phi) is 9.23. The molecule has 6 nitrogen and oxygen atoms in total. The molecule has 148 valence electrons. The van der Waals surface area contributed by atoms with Gasteiger partial charge in [-0.1, -0.05) is 35.3 Å². The topological polar surface area (TPSA) is 79.5 Å². The Balaban J connectivity index is 1.66. The molecule has 0 radical (unpaired) electrons. The molecule has 0 fully saturated rings. The fourth-order valence-electron chi connectivity index (χ4n) is 2.05. The minimum Gasteiger partial charge on any atom is -0.492 e. The lowest BCUT2D eigenvalue weighted by atomic mass is 10.2. The Hall–Kier alpha value is -1.62. The first kappa shape index (κ1) is 22.7. The monoisotopic (exact) mass is 551 g/mol. The Morgan fingerprint density at radius 3 is 2.57 bits per heavy atom. The number of carbonyl (C=O) groups excluding carboxylic acids is 2. The average molecular weight is 552 g/mol. The van der Waals surface area contributed by atoms with E-state index in [0.717, 1.165) is 3.57 Å². The first-order valence-electron chi connectivity index (χ1n) is 8.09. The maximum atomic E-state index is 12.1. The van der Waals surface area contributed by atoms with Crippen molar-refractivity contribution >= 4 is 74.9 Å². The summed E-state index contributed by atoms with van der Waals surface area (Å²) in [5.74, 6) is -0.149. The zero-order valence-corrected chi connectivity index (χ0v) is 18.9. The molecule has 0 bridgehead atoms. The van der Waals surface area contributed by atoms with E-state index in [0.29, 0.717) is 34.4 Å². The molecule has 0 saturated heterocycles. The van der Waals surface area contributed by atoms with E-state index in [2.05, 4.69) is 38.8 Å². The lowest BCUT2D eigenvalue weighted by molar-refractivity contribution is -0.119. The number of rotatable bonds is 6. The second kappa shape index (κ2) is 11.4. The predicted molar refractivity (Wildman–Crippen MR) is 122 cm³/mol. The second-order valence-electron chi connectivity index (χ2n) is 5.46. The summed E-state index contributed by atoms with van der Waals surface area (Å²) in [5.41, 5.74) is 5.45. The van der Waals surface area contributed by atoms with Gasteiger partial charge in [-0.2, -0.15) is 0 Å². The van der Waals surface area contributed by atoms with Crippen LogP contribution in [-0.2, 0) is 4.79 Å². The molecule has 0 aliphatic carbocycles. The van der Waals surface area contributed by atoms with Gasteiger partial charge in [0.05, 0.1) is 17.2 Å². The minimum absolute atomic E-state index is 0.00551. The molecular formula is C18H16Cl2IN3O3S. The van der Waals surface area contributed by atoms with Crippen molar-refractivity contribution in [1.82, 2.24) is 16.2 Å². The van der Waals surface area contributed by atoms with Crippen LogP contribution in [0.3, 0.4) is 0 Å². The van der Waals surface area contributed by atoms with Crippen LogP contribution in [0.2, 0.25) is 10.0 Å². The Bertz CT molecular complexity index is 883. The zero-order valence-electron chi connectivity index (χ0n) is 14.4. The van der Waals surface area contributed by atoms with Crippen molar-refractivity contribution in [3.8, 4) is 5.75 Å². The van der Waals surface area contributed by atoms with E-state index in [1.165, 1.54) is 0 Å². The number of halogens is 3. The van der Waals surface area contributed by atoms with Crippen molar-refractivity contribution in [1.29, 1.82) is 0 Å². The second-order valence-corrected chi connectivity index (χ2v) is 7.88. The van der Waals surface area contributed by atoms with Crippen LogP contribution in [-0.4, -0.2) is 23.5 Å². The van der Waals surface area contributed by atoms with Crippen LogP contribution >= 0.6 is 58.0 Å². The molecule has 3 N–H and O–H groups in total. The van der Waals surface area contributed by atoms with Crippen molar-refractivity contribution in [3.05, 3.63) is 61.6 Å². The molecule has 2 rings (SSSR count). The molecule has 2 aromatic rings. The summed E-state index contributed by atoms with van der Waals surface area (Å²) in [4.78, 5) is 24.0. The van der Waals surface area contributed by atoms with E-state index in [-0.39, 0.29) is 23.3 Å². The number of amides is 2. The SMILES string of the molecule is O=C(CCCOc1ccc(Cl)cc1Cl)NC(=S)NNC(=O)c1ccccc1I. The lowest BCUT2D eigenvalue weighted by Crippen LogP contribution is -2.48. The molecule has 0 saturated carbocycles.